The van der Waals surface area contributed by atoms with Gasteiger partial charge >= 0.3 is 0 Å². The molecule has 0 saturated carbocycles. The van der Waals surface area contributed by atoms with Crippen LogP contribution in [0.3, 0.4) is 0 Å². The largest absolute Gasteiger partial charge is 0.483 e. The number of benzene rings is 3. The molecule has 180 valence electrons. The fourth-order valence-corrected chi connectivity index (χ4v) is 4.59. The van der Waals surface area contributed by atoms with Crippen LogP contribution in [0.2, 0.25) is 5.02 Å². The standard InChI is InChI=1S/C27H30BrClN2O3/c1-3-5-16-30-27(33)23(4-2)31(17-20-11-7-9-13-22(20)29)25(32)18-34-24-15-14-19-10-6-8-12-21(19)26(24)28/h6-15,23H,3-5,16-18H2,1-2H3,(H,30,33)/t23-/m1/s1. The Hall–Kier alpha value is -2.57. The maximum atomic E-state index is 13.4. The van der Waals surface area contributed by atoms with Crippen molar-refractivity contribution in [1.82, 2.24) is 10.2 Å². The molecule has 0 saturated heterocycles. The molecule has 0 aliphatic carbocycles. The van der Waals surface area contributed by atoms with E-state index in [0.717, 1.165) is 33.7 Å². The van der Waals surface area contributed by atoms with Gasteiger partial charge in [0, 0.05) is 18.1 Å². The normalized spacial score (nSPS) is 11.8. The Labute approximate surface area is 214 Å². The lowest BCUT2D eigenvalue weighted by Gasteiger charge is -2.31. The van der Waals surface area contributed by atoms with Crippen molar-refractivity contribution in [2.75, 3.05) is 13.2 Å². The number of nitrogens with one attached hydrogen (secondary N) is 1. The average molecular weight is 546 g/mol. The van der Waals surface area contributed by atoms with E-state index in [1.54, 1.807) is 11.0 Å². The van der Waals surface area contributed by atoms with E-state index in [1.165, 1.54) is 0 Å². The average Bonchev–Trinajstić information content (AvgIpc) is 2.85. The highest BCUT2D eigenvalue weighted by Crippen LogP contribution is 2.33. The SMILES string of the molecule is CCCCNC(=O)[C@@H](CC)N(Cc1ccccc1Cl)C(=O)COc1ccc2ccccc2c1Br. The van der Waals surface area contributed by atoms with Crippen LogP contribution in [0.15, 0.2) is 65.1 Å². The number of carbonyl (C=O) groups excluding carboxylic acids is 2. The number of ether oxygens (including phenoxy) is 1. The van der Waals surface area contributed by atoms with Gasteiger partial charge in [0.25, 0.3) is 5.91 Å². The summed E-state index contributed by atoms with van der Waals surface area (Å²) in [5, 5.41) is 5.59. The monoisotopic (exact) mass is 544 g/mol. The third-order valence-corrected chi connectivity index (χ3v) is 6.88. The quantitative estimate of drug-likeness (QED) is 0.285. The molecule has 1 atom stereocenters. The molecule has 5 nitrogen and oxygen atoms in total. The Morgan fingerprint density at radius 1 is 1.06 bits per heavy atom. The molecule has 0 unspecified atom stereocenters. The first kappa shape index (κ1) is 26.0. The van der Waals surface area contributed by atoms with Crippen molar-refractivity contribution in [3.63, 3.8) is 0 Å². The Balaban J connectivity index is 1.81. The van der Waals surface area contributed by atoms with Crippen molar-refractivity contribution in [2.45, 2.75) is 45.7 Å². The summed E-state index contributed by atoms with van der Waals surface area (Å²) in [6, 6.07) is 18.5. The number of hydrogen-bond donors (Lipinski definition) is 1. The van der Waals surface area contributed by atoms with Crippen LogP contribution in [0.1, 0.15) is 38.7 Å². The molecule has 3 aromatic carbocycles. The van der Waals surface area contributed by atoms with Gasteiger partial charge in [-0.1, -0.05) is 80.4 Å². The molecule has 3 aromatic rings. The summed E-state index contributed by atoms with van der Waals surface area (Å²) in [7, 11) is 0. The van der Waals surface area contributed by atoms with E-state index in [0.29, 0.717) is 23.7 Å². The first-order valence-electron chi connectivity index (χ1n) is 11.6. The summed E-state index contributed by atoms with van der Waals surface area (Å²) in [6.45, 7) is 4.58. The van der Waals surface area contributed by atoms with Crippen molar-refractivity contribution >= 4 is 50.1 Å². The van der Waals surface area contributed by atoms with E-state index >= 15 is 0 Å². The van der Waals surface area contributed by atoms with Gasteiger partial charge in [-0.25, -0.2) is 0 Å². The van der Waals surface area contributed by atoms with Gasteiger partial charge < -0.3 is 15.0 Å². The van der Waals surface area contributed by atoms with Crippen molar-refractivity contribution in [2.24, 2.45) is 0 Å². The molecule has 0 bridgehead atoms. The molecule has 3 rings (SSSR count). The molecule has 0 aliphatic heterocycles. The lowest BCUT2D eigenvalue weighted by molar-refractivity contribution is -0.143. The molecule has 0 spiro atoms. The number of carbonyl (C=O) groups is 2. The summed E-state index contributed by atoms with van der Waals surface area (Å²) in [5.74, 6) is 0.130. The first-order chi connectivity index (χ1) is 16.5. The third kappa shape index (κ3) is 6.51. The highest BCUT2D eigenvalue weighted by atomic mass is 79.9. The first-order valence-corrected chi connectivity index (χ1v) is 12.7. The molecule has 0 aromatic heterocycles. The van der Waals surface area contributed by atoms with E-state index in [4.69, 9.17) is 16.3 Å². The second-order valence-corrected chi connectivity index (χ2v) is 9.27. The van der Waals surface area contributed by atoms with Crippen LogP contribution in [0.4, 0.5) is 0 Å². The van der Waals surface area contributed by atoms with Crippen molar-refractivity contribution in [3.8, 4) is 5.75 Å². The van der Waals surface area contributed by atoms with Gasteiger partial charge in [-0.05, 0) is 57.2 Å². The lowest BCUT2D eigenvalue weighted by atomic mass is 10.1. The van der Waals surface area contributed by atoms with E-state index in [1.807, 2.05) is 61.5 Å². The summed E-state index contributed by atoms with van der Waals surface area (Å²) in [6.07, 6.45) is 2.35. The van der Waals surface area contributed by atoms with Gasteiger partial charge in [0.15, 0.2) is 6.61 Å². The summed E-state index contributed by atoms with van der Waals surface area (Å²) in [5.41, 5.74) is 0.782. The van der Waals surface area contributed by atoms with E-state index in [-0.39, 0.29) is 25.0 Å². The fourth-order valence-electron chi connectivity index (χ4n) is 3.78. The van der Waals surface area contributed by atoms with Crippen molar-refractivity contribution in [3.05, 3.63) is 75.7 Å². The topological polar surface area (TPSA) is 58.6 Å². The minimum absolute atomic E-state index is 0.164. The van der Waals surface area contributed by atoms with Crippen LogP contribution in [-0.2, 0) is 16.1 Å². The molecule has 0 heterocycles. The number of amides is 2. The summed E-state index contributed by atoms with van der Waals surface area (Å²) in [4.78, 5) is 27.9. The summed E-state index contributed by atoms with van der Waals surface area (Å²) < 4.78 is 6.72. The predicted octanol–water partition coefficient (Wildman–Crippen LogP) is 6.36. The number of halogens is 2. The molecule has 1 N–H and O–H groups in total. The van der Waals surface area contributed by atoms with Gasteiger partial charge in [0.1, 0.15) is 11.8 Å². The van der Waals surface area contributed by atoms with Crippen LogP contribution < -0.4 is 10.1 Å². The number of rotatable bonds is 11. The highest BCUT2D eigenvalue weighted by Gasteiger charge is 2.29. The summed E-state index contributed by atoms with van der Waals surface area (Å²) >= 11 is 9.98. The Bertz CT molecular complexity index is 1140. The Morgan fingerprint density at radius 3 is 2.53 bits per heavy atom. The van der Waals surface area contributed by atoms with Crippen molar-refractivity contribution in [1.29, 1.82) is 0 Å². The lowest BCUT2D eigenvalue weighted by Crippen LogP contribution is -2.50. The second kappa shape index (κ2) is 12.8. The molecule has 34 heavy (non-hydrogen) atoms. The van der Waals surface area contributed by atoms with Gasteiger partial charge in [-0.3, -0.25) is 9.59 Å². The molecular formula is C27H30BrClN2O3. The van der Waals surface area contributed by atoms with Gasteiger partial charge in [-0.15, -0.1) is 0 Å². The van der Waals surface area contributed by atoms with E-state index in [2.05, 4.69) is 28.2 Å². The number of fused-ring (bicyclic) bond motifs is 1. The number of nitrogens with zero attached hydrogens (tertiary/aromatic N) is 1. The third-order valence-electron chi connectivity index (χ3n) is 5.69. The smallest absolute Gasteiger partial charge is 0.261 e. The fraction of sp³-hybridized carbons (Fsp3) is 0.333. The van der Waals surface area contributed by atoms with Crippen LogP contribution in [0.5, 0.6) is 5.75 Å². The van der Waals surface area contributed by atoms with Crippen LogP contribution in [-0.4, -0.2) is 35.9 Å². The predicted molar refractivity (Wildman–Crippen MR) is 141 cm³/mol. The second-order valence-electron chi connectivity index (χ2n) is 8.07. The van der Waals surface area contributed by atoms with Crippen molar-refractivity contribution < 1.29 is 14.3 Å². The molecule has 0 aliphatic rings. The minimum Gasteiger partial charge on any atom is -0.483 e. The number of hydrogen-bond acceptors (Lipinski definition) is 3. The number of unbranched alkanes of at least 4 members (excludes halogenated alkanes) is 1. The van der Waals surface area contributed by atoms with E-state index < -0.39 is 6.04 Å². The zero-order valence-electron chi connectivity index (χ0n) is 19.5. The van der Waals surface area contributed by atoms with Crippen LogP contribution >= 0.6 is 27.5 Å². The maximum Gasteiger partial charge on any atom is 0.261 e. The Morgan fingerprint density at radius 2 is 1.79 bits per heavy atom. The van der Waals surface area contributed by atoms with Crippen LogP contribution in [0, 0.1) is 0 Å². The zero-order chi connectivity index (χ0) is 24.5. The molecule has 7 heteroatoms. The van der Waals surface area contributed by atoms with Crippen LogP contribution in [0.25, 0.3) is 10.8 Å². The molecule has 0 fully saturated rings. The Kier molecular flexibility index (Phi) is 9.78. The van der Waals surface area contributed by atoms with Gasteiger partial charge in [-0.2, -0.15) is 0 Å². The minimum atomic E-state index is -0.621. The molecular weight excluding hydrogens is 516 g/mol. The zero-order valence-corrected chi connectivity index (χ0v) is 21.9. The maximum absolute atomic E-state index is 13.4. The van der Waals surface area contributed by atoms with Gasteiger partial charge in [0.2, 0.25) is 5.91 Å². The highest BCUT2D eigenvalue weighted by molar-refractivity contribution is 9.10. The van der Waals surface area contributed by atoms with E-state index in [9.17, 15) is 9.59 Å². The molecule has 2 amide bonds. The molecule has 0 radical (unpaired) electrons. The van der Waals surface area contributed by atoms with Gasteiger partial charge in [0.05, 0.1) is 4.47 Å².